The molecule has 0 aliphatic heterocycles. The molecule has 142 valence electrons. The molecule has 0 bridgehead atoms. The number of carbonyl (C=O) groups excluding carboxylic acids is 1. The zero-order valence-electron chi connectivity index (χ0n) is 14.7. The number of methoxy groups -OCH3 is 1. The van der Waals surface area contributed by atoms with Gasteiger partial charge in [-0.1, -0.05) is 19.1 Å². The Morgan fingerprint density at radius 3 is 2.40 bits per heavy atom. The quantitative estimate of drug-likeness (QED) is 0.287. The summed E-state index contributed by atoms with van der Waals surface area (Å²) in [5.41, 5.74) is 0.906. The number of benzene rings is 1. The molecule has 0 aliphatic rings. The van der Waals surface area contributed by atoms with Crippen molar-refractivity contribution in [2.75, 3.05) is 27.7 Å². The third kappa shape index (κ3) is 8.32. The van der Waals surface area contributed by atoms with Gasteiger partial charge in [0.15, 0.2) is 5.96 Å². The van der Waals surface area contributed by atoms with E-state index in [4.69, 9.17) is 0 Å². The van der Waals surface area contributed by atoms with Crippen LogP contribution in [0.15, 0.2) is 29.3 Å². The Bertz CT molecular complexity index is 556. The molecule has 1 aromatic carbocycles. The molecule has 6 nitrogen and oxygen atoms in total. The highest BCUT2D eigenvalue weighted by Gasteiger charge is 2.15. The summed E-state index contributed by atoms with van der Waals surface area (Å²) >= 11 is 0. The van der Waals surface area contributed by atoms with Gasteiger partial charge in [-0.15, -0.1) is 24.0 Å². The first-order chi connectivity index (χ1) is 11.4. The Hall–Kier alpha value is -1.65. The van der Waals surface area contributed by atoms with Gasteiger partial charge in [0.1, 0.15) is 5.75 Å². The Balaban J connectivity index is 0.00000576. The van der Waals surface area contributed by atoms with E-state index >= 15 is 0 Å². The molecule has 1 N–H and O–H groups in total. The first kappa shape index (κ1) is 23.4. The fourth-order valence-corrected chi connectivity index (χ4v) is 2.04. The van der Waals surface area contributed by atoms with Gasteiger partial charge >= 0.3 is 12.6 Å². The largest absolute Gasteiger partial charge is 0.469 e. The molecule has 0 saturated heterocycles. The van der Waals surface area contributed by atoms with E-state index in [2.05, 4.69) is 19.8 Å². The van der Waals surface area contributed by atoms with E-state index in [1.807, 2.05) is 11.9 Å². The summed E-state index contributed by atoms with van der Waals surface area (Å²) in [6, 6.07) is 6.40. The number of nitrogens with one attached hydrogen (secondary N) is 1. The van der Waals surface area contributed by atoms with Crippen molar-refractivity contribution in [2.24, 2.45) is 10.9 Å². The van der Waals surface area contributed by atoms with Crippen molar-refractivity contribution in [3.05, 3.63) is 29.8 Å². The molecule has 0 fully saturated rings. The summed E-state index contributed by atoms with van der Waals surface area (Å²) in [6.07, 6.45) is 0. The highest BCUT2D eigenvalue weighted by atomic mass is 127. The Morgan fingerprint density at radius 2 is 1.92 bits per heavy atom. The number of ether oxygens (including phenoxy) is 2. The average molecular weight is 471 g/mol. The number of aliphatic imine (C=N–C) groups is 1. The number of hydrogen-bond donors (Lipinski definition) is 1. The van der Waals surface area contributed by atoms with E-state index in [9.17, 15) is 13.6 Å². The number of halogens is 3. The maximum absolute atomic E-state index is 12.1. The maximum Gasteiger partial charge on any atom is 0.387 e. The van der Waals surface area contributed by atoms with Gasteiger partial charge in [-0.3, -0.25) is 9.79 Å². The fraction of sp³-hybridized carbons (Fsp3) is 0.500. The van der Waals surface area contributed by atoms with Crippen LogP contribution >= 0.6 is 24.0 Å². The molecule has 0 aromatic heterocycles. The molecule has 1 rings (SSSR count). The van der Waals surface area contributed by atoms with Crippen LogP contribution in [0.3, 0.4) is 0 Å². The van der Waals surface area contributed by atoms with Crippen LogP contribution in [0, 0.1) is 5.92 Å². The van der Waals surface area contributed by atoms with Crippen LogP contribution in [-0.4, -0.2) is 51.2 Å². The van der Waals surface area contributed by atoms with Gasteiger partial charge in [-0.25, -0.2) is 0 Å². The van der Waals surface area contributed by atoms with Crippen LogP contribution in [0.5, 0.6) is 5.75 Å². The monoisotopic (exact) mass is 471 g/mol. The molecule has 1 aromatic rings. The SMILES string of the molecule is CN=C(NCC(C)C(=O)OC)N(C)Cc1ccc(OC(F)F)cc1.I. The van der Waals surface area contributed by atoms with Gasteiger partial charge in [0.2, 0.25) is 0 Å². The number of hydrogen-bond acceptors (Lipinski definition) is 4. The lowest BCUT2D eigenvalue weighted by Gasteiger charge is -2.23. The third-order valence-electron chi connectivity index (χ3n) is 3.31. The van der Waals surface area contributed by atoms with E-state index in [1.54, 1.807) is 26.1 Å². The molecule has 25 heavy (non-hydrogen) atoms. The number of esters is 1. The van der Waals surface area contributed by atoms with E-state index in [1.165, 1.54) is 19.2 Å². The second-order valence-electron chi connectivity index (χ2n) is 5.23. The van der Waals surface area contributed by atoms with E-state index in [0.717, 1.165) is 5.56 Å². The van der Waals surface area contributed by atoms with E-state index in [-0.39, 0.29) is 41.6 Å². The lowest BCUT2D eigenvalue weighted by molar-refractivity contribution is -0.144. The lowest BCUT2D eigenvalue weighted by atomic mass is 10.2. The topological polar surface area (TPSA) is 63.2 Å². The van der Waals surface area contributed by atoms with Crippen molar-refractivity contribution in [3.8, 4) is 5.75 Å². The summed E-state index contributed by atoms with van der Waals surface area (Å²) in [7, 11) is 4.82. The fourth-order valence-electron chi connectivity index (χ4n) is 2.04. The molecule has 1 atom stereocenters. The minimum atomic E-state index is -2.83. The van der Waals surface area contributed by atoms with Crippen molar-refractivity contribution < 1.29 is 23.0 Å². The van der Waals surface area contributed by atoms with Crippen molar-refractivity contribution in [1.29, 1.82) is 0 Å². The van der Waals surface area contributed by atoms with Crippen molar-refractivity contribution in [1.82, 2.24) is 10.2 Å². The van der Waals surface area contributed by atoms with Gasteiger partial charge in [-0.05, 0) is 17.7 Å². The average Bonchev–Trinajstić information content (AvgIpc) is 2.55. The molecule has 9 heteroatoms. The first-order valence-electron chi connectivity index (χ1n) is 7.40. The first-order valence-corrected chi connectivity index (χ1v) is 7.40. The number of carbonyl (C=O) groups is 1. The van der Waals surface area contributed by atoms with Crippen LogP contribution in [0.4, 0.5) is 8.78 Å². The van der Waals surface area contributed by atoms with Crippen LogP contribution in [0.2, 0.25) is 0 Å². The summed E-state index contributed by atoms with van der Waals surface area (Å²) in [4.78, 5) is 17.4. The third-order valence-corrected chi connectivity index (χ3v) is 3.31. The smallest absolute Gasteiger partial charge is 0.387 e. The minimum Gasteiger partial charge on any atom is -0.469 e. The molecule has 0 spiro atoms. The van der Waals surface area contributed by atoms with E-state index < -0.39 is 6.61 Å². The van der Waals surface area contributed by atoms with Gasteiger partial charge in [0.05, 0.1) is 13.0 Å². The number of guanidine groups is 1. The van der Waals surface area contributed by atoms with Gasteiger partial charge in [0.25, 0.3) is 0 Å². The predicted molar refractivity (Wildman–Crippen MR) is 102 cm³/mol. The van der Waals surface area contributed by atoms with Crippen LogP contribution in [0.25, 0.3) is 0 Å². The zero-order valence-corrected chi connectivity index (χ0v) is 17.0. The normalized spacial score (nSPS) is 12.2. The molecule has 0 amide bonds. The summed E-state index contributed by atoms with van der Waals surface area (Å²) in [6.45, 7) is -0.168. The molecule has 0 aliphatic carbocycles. The second-order valence-corrected chi connectivity index (χ2v) is 5.23. The van der Waals surface area contributed by atoms with Crippen molar-refractivity contribution in [2.45, 2.75) is 20.1 Å². The van der Waals surface area contributed by atoms with Gasteiger partial charge in [-0.2, -0.15) is 8.78 Å². The number of nitrogens with zero attached hydrogens (tertiary/aromatic N) is 2. The minimum absolute atomic E-state index is 0. The maximum atomic E-state index is 12.1. The molecule has 0 saturated carbocycles. The van der Waals surface area contributed by atoms with Crippen LogP contribution in [-0.2, 0) is 16.1 Å². The van der Waals surface area contributed by atoms with Gasteiger partial charge < -0.3 is 19.7 Å². The molecule has 0 radical (unpaired) electrons. The highest BCUT2D eigenvalue weighted by Crippen LogP contribution is 2.15. The molecule has 1 unspecified atom stereocenters. The summed E-state index contributed by atoms with van der Waals surface area (Å²) in [5, 5.41) is 3.09. The Kier molecular flexibility index (Phi) is 11.0. The Morgan fingerprint density at radius 1 is 1.32 bits per heavy atom. The number of rotatable bonds is 7. The highest BCUT2D eigenvalue weighted by molar-refractivity contribution is 14.0. The summed E-state index contributed by atoms with van der Waals surface area (Å²) in [5.74, 6) is 0.130. The van der Waals surface area contributed by atoms with Crippen LogP contribution < -0.4 is 10.1 Å². The van der Waals surface area contributed by atoms with Crippen molar-refractivity contribution >= 4 is 35.9 Å². The molecular weight excluding hydrogens is 447 g/mol. The zero-order chi connectivity index (χ0) is 18.1. The standard InChI is InChI=1S/C16H23F2N3O3.HI/c1-11(14(22)23-4)9-20-16(19-2)21(3)10-12-5-7-13(8-6-12)24-15(17)18;/h5-8,11,15H,9-10H2,1-4H3,(H,19,20);1H. The molecular formula is C16H24F2IN3O3. The second kappa shape index (κ2) is 11.8. The summed E-state index contributed by atoms with van der Waals surface area (Å²) < 4.78 is 33.2. The number of alkyl halides is 2. The van der Waals surface area contributed by atoms with E-state index in [0.29, 0.717) is 19.0 Å². The molecule has 0 heterocycles. The van der Waals surface area contributed by atoms with Crippen molar-refractivity contribution in [3.63, 3.8) is 0 Å². The van der Waals surface area contributed by atoms with Gasteiger partial charge in [0, 0.05) is 27.2 Å². The lowest BCUT2D eigenvalue weighted by Crippen LogP contribution is -2.41. The predicted octanol–water partition coefficient (Wildman–Crippen LogP) is 2.72. The van der Waals surface area contributed by atoms with Crippen LogP contribution in [0.1, 0.15) is 12.5 Å². The Labute approximate surface area is 163 Å².